The molecule has 0 fully saturated rings. The summed E-state index contributed by atoms with van der Waals surface area (Å²) in [6.07, 6.45) is 5.95. The van der Waals surface area contributed by atoms with Crippen molar-refractivity contribution < 1.29 is 14.3 Å². The summed E-state index contributed by atoms with van der Waals surface area (Å²) in [5.74, 6) is 0.491. The molecule has 0 aromatic heterocycles. The molecular formula is C21H24O3. The lowest BCUT2D eigenvalue weighted by molar-refractivity contribution is 0.0664. The molecule has 0 heterocycles. The van der Waals surface area contributed by atoms with Gasteiger partial charge in [0.15, 0.2) is 0 Å². The van der Waals surface area contributed by atoms with E-state index < -0.39 is 5.97 Å². The number of unbranched alkanes of at least 4 members (excludes halogenated alkanes) is 3. The minimum atomic E-state index is -0.400. The second kappa shape index (κ2) is 9.56. The Morgan fingerprint density at radius 1 is 0.958 bits per heavy atom. The molecule has 126 valence electrons. The molecule has 2 rings (SSSR count). The van der Waals surface area contributed by atoms with Gasteiger partial charge in [0.2, 0.25) is 0 Å². The maximum absolute atomic E-state index is 11.6. The molecule has 0 bridgehead atoms. The Labute approximate surface area is 143 Å². The summed E-state index contributed by atoms with van der Waals surface area (Å²) in [5.41, 5.74) is 2.63. The Morgan fingerprint density at radius 3 is 2.17 bits per heavy atom. The smallest absolute Gasteiger partial charge is 0.342 e. The Hall–Kier alpha value is -2.55. The van der Waals surface area contributed by atoms with Gasteiger partial charge in [-0.2, -0.15) is 0 Å². The monoisotopic (exact) mass is 324 g/mol. The molecule has 0 unspecified atom stereocenters. The van der Waals surface area contributed by atoms with Crippen molar-refractivity contribution in [3.05, 3.63) is 66.9 Å². The molecule has 0 aliphatic heterocycles. The van der Waals surface area contributed by atoms with Crippen LogP contribution < -0.4 is 4.74 Å². The molecule has 2 aromatic rings. The Bertz CT molecular complexity index is 642. The van der Waals surface area contributed by atoms with Crippen molar-refractivity contribution in [2.75, 3.05) is 6.61 Å². The third kappa shape index (κ3) is 5.27. The van der Waals surface area contributed by atoms with E-state index in [2.05, 4.69) is 13.5 Å². The van der Waals surface area contributed by atoms with E-state index in [9.17, 15) is 4.79 Å². The molecule has 0 aliphatic rings. The lowest BCUT2D eigenvalue weighted by Gasteiger charge is -2.08. The standard InChI is InChI=1S/C21H24O3/c1-3-5-6-7-16-24-20-14-12-18(13-15-20)17-8-10-19(11-9-17)21(22)23-4-2/h4,8-15H,2-3,5-7,16H2,1H3. The van der Waals surface area contributed by atoms with Crippen molar-refractivity contribution >= 4 is 5.97 Å². The Balaban J connectivity index is 1.92. The van der Waals surface area contributed by atoms with Gasteiger partial charge in [-0.15, -0.1) is 0 Å². The van der Waals surface area contributed by atoms with Gasteiger partial charge in [0.1, 0.15) is 5.75 Å². The highest BCUT2D eigenvalue weighted by Gasteiger charge is 2.06. The number of carbonyl (C=O) groups excluding carboxylic acids is 1. The zero-order valence-electron chi connectivity index (χ0n) is 14.2. The molecule has 0 N–H and O–H groups in total. The second-order valence-electron chi connectivity index (χ2n) is 5.58. The van der Waals surface area contributed by atoms with E-state index in [1.165, 1.54) is 19.3 Å². The predicted octanol–water partition coefficient (Wildman–Crippen LogP) is 5.61. The van der Waals surface area contributed by atoms with Crippen LogP contribution in [0.2, 0.25) is 0 Å². The summed E-state index contributed by atoms with van der Waals surface area (Å²) in [4.78, 5) is 11.6. The number of rotatable bonds is 9. The van der Waals surface area contributed by atoms with Gasteiger partial charge < -0.3 is 9.47 Å². The van der Waals surface area contributed by atoms with Crippen LogP contribution >= 0.6 is 0 Å². The predicted molar refractivity (Wildman–Crippen MR) is 97.1 cm³/mol. The van der Waals surface area contributed by atoms with Crippen molar-refractivity contribution in [1.82, 2.24) is 0 Å². The molecular weight excluding hydrogens is 300 g/mol. The van der Waals surface area contributed by atoms with Crippen molar-refractivity contribution in [2.45, 2.75) is 32.6 Å². The highest BCUT2D eigenvalue weighted by molar-refractivity contribution is 5.90. The molecule has 3 nitrogen and oxygen atoms in total. The number of esters is 1. The fourth-order valence-electron chi connectivity index (χ4n) is 2.40. The molecule has 2 aromatic carbocycles. The van der Waals surface area contributed by atoms with E-state index in [1.54, 1.807) is 12.1 Å². The van der Waals surface area contributed by atoms with Crippen LogP contribution in [0.25, 0.3) is 11.1 Å². The summed E-state index contributed by atoms with van der Waals surface area (Å²) in [5, 5.41) is 0. The fraction of sp³-hybridized carbons (Fsp3) is 0.286. The van der Waals surface area contributed by atoms with Gasteiger partial charge >= 0.3 is 5.97 Å². The largest absolute Gasteiger partial charge is 0.494 e. The van der Waals surface area contributed by atoms with Gasteiger partial charge in [0.05, 0.1) is 18.4 Å². The van der Waals surface area contributed by atoms with E-state index in [-0.39, 0.29) is 0 Å². The van der Waals surface area contributed by atoms with E-state index in [1.807, 2.05) is 36.4 Å². The first-order valence-corrected chi connectivity index (χ1v) is 8.39. The molecule has 0 atom stereocenters. The van der Waals surface area contributed by atoms with Crippen LogP contribution in [0.3, 0.4) is 0 Å². The number of carbonyl (C=O) groups is 1. The molecule has 0 aliphatic carbocycles. The van der Waals surface area contributed by atoms with Crippen molar-refractivity contribution in [2.24, 2.45) is 0 Å². The Kier molecular flexibility index (Phi) is 7.09. The highest BCUT2D eigenvalue weighted by atomic mass is 16.5. The topological polar surface area (TPSA) is 35.5 Å². The van der Waals surface area contributed by atoms with E-state index in [0.717, 1.165) is 36.2 Å². The van der Waals surface area contributed by atoms with Gasteiger partial charge in [-0.05, 0) is 41.8 Å². The van der Waals surface area contributed by atoms with E-state index in [4.69, 9.17) is 9.47 Å². The Morgan fingerprint density at radius 2 is 1.58 bits per heavy atom. The summed E-state index contributed by atoms with van der Waals surface area (Å²) in [7, 11) is 0. The fourth-order valence-corrected chi connectivity index (χ4v) is 2.40. The lowest BCUT2D eigenvalue weighted by Crippen LogP contribution is -1.99. The van der Waals surface area contributed by atoms with Crippen LogP contribution in [0.5, 0.6) is 5.75 Å². The SMILES string of the molecule is C=COC(=O)c1ccc(-c2ccc(OCCCCCC)cc2)cc1. The maximum atomic E-state index is 11.6. The van der Waals surface area contributed by atoms with E-state index in [0.29, 0.717) is 5.56 Å². The van der Waals surface area contributed by atoms with Crippen LogP contribution in [0, 0.1) is 0 Å². The van der Waals surface area contributed by atoms with E-state index >= 15 is 0 Å². The third-order valence-corrected chi connectivity index (χ3v) is 3.77. The van der Waals surface area contributed by atoms with Gasteiger partial charge in [0.25, 0.3) is 0 Å². The van der Waals surface area contributed by atoms with Crippen LogP contribution in [0.4, 0.5) is 0 Å². The molecule has 0 radical (unpaired) electrons. The van der Waals surface area contributed by atoms with Gasteiger partial charge in [-0.3, -0.25) is 0 Å². The second-order valence-corrected chi connectivity index (χ2v) is 5.58. The normalized spacial score (nSPS) is 10.2. The third-order valence-electron chi connectivity index (χ3n) is 3.77. The highest BCUT2D eigenvalue weighted by Crippen LogP contribution is 2.23. The van der Waals surface area contributed by atoms with Crippen LogP contribution in [0.1, 0.15) is 43.0 Å². The molecule has 24 heavy (non-hydrogen) atoms. The number of hydrogen-bond acceptors (Lipinski definition) is 3. The summed E-state index contributed by atoms with van der Waals surface area (Å²) in [6.45, 7) is 6.35. The number of hydrogen-bond donors (Lipinski definition) is 0. The quantitative estimate of drug-likeness (QED) is 0.341. The van der Waals surface area contributed by atoms with Crippen molar-refractivity contribution in [1.29, 1.82) is 0 Å². The van der Waals surface area contributed by atoms with Crippen LogP contribution in [-0.4, -0.2) is 12.6 Å². The van der Waals surface area contributed by atoms with Gasteiger partial charge in [-0.25, -0.2) is 4.79 Å². The summed E-state index contributed by atoms with van der Waals surface area (Å²) < 4.78 is 10.5. The molecule has 0 saturated heterocycles. The number of benzene rings is 2. The average Bonchev–Trinajstić information content (AvgIpc) is 2.62. The first-order valence-electron chi connectivity index (χ1n) is 8.39. The van der Waals surface area contributed by atoms with Gasteiger partial charge in [0, 0.05) is 0 Å². The molecule has 0 saturated carbocycles. The van der Waals surface area contributed by atoms with Gasteiger partial charge in [-0.1, -0.05) is 57.0 Å². The van der Waals surface area contributed by atoms with Crippen LogP contribution in [0.15, 0.2) is 61.4 Å². The lowest BCUT2D eigenvalue weighted by atomic mass is 10.0. The average molecular weight is 324 g/mol. The zero-order valence-corrected chi connectivity index (χ0v) is 14.2. The first kappa shape index (κ1) is 17.8. The molecule has 3 heteroatoms. The number of ether oxygens (including phenoxy) is 2. The van der Waals surface area contributed by atoms with Crippen molar-refractivity contribution in [3.63, 3.8) is 0 Å². The first-order chi connectivity index (χ1) is 11.7. The minimum absolute atomic E-state index is 0.400. The minimum Gasteiger partial charge on any atom is -0.494 e. The summed E-state index contributed by atoms with van der Waals surface area (Å²) >= 11 is 0. The van der Waals surface area contributed by atoms with Crippen LogP contribution in [-0.2, 0) is 4.74 Å². The molecule has 0 amide bonds. The van der Waals surface area contributed by atoms with Crippen molar-refractivity contribution in [3.8, 4) is 16.9 Å². The zero-order chi connectivity index (χ0) is 17.2. The summed E-state index contributed by atoms with van der Waals surface area (Å²) in [6, 6.07) is 15.3. The molecule has 0 spiro atoms. The maximum Gasteiger partial charge on any atom is 0.342 e.